The van der Waals surface area contributed by atoms with Gasteiger partial charge in [-0.05, 0) is 34.9 Å². The van der Waals surface area contributed by atoms with E-state index in [1.807, 2.05) is 0 Å². The number of hydrogen-bond acceptors (Lipinski definition) is 2. The predicted octanol–water partition coefficient (Wildman–Crippen LogP) is 5.93. The van der Waals surface area contributed by atoms with Crippen LogP contribution in [0.3, 0.4) is 0 Å². The van der Waals surface area contributed by atoms with E-state index >= 15 is 0 Å². The van der Waals surface area contributed by atoms with Crippen molar-refractivity contribution in [2.75, 3.05) is 12.7 Å². The number of benzene rings is 3. The molecule has 0 aliphatic carbocycles. The van der Waals surface area contributed by atoms with E-state index in [2.05, 4.69) is 120 Å². The Labute approximate surface area is 171 Å². The molecule has 3 rings (SSSR count). The Hall–Kier alpha value is -1.67. The lowest BCUT2D eigenvalue weighted by atomic mass is 10.3. The van der Waals surface area contributed by atoms with E-state index in [1.165, 1.54) is 10.6 Å². The molecule has 0 spiro atoms. The molecule has 0 amide bonds. The minimum absolute atomic E-state index is 0.464. The average Bonchev–Trinajstić information content (AvgIpc) is 2.70. The standard InChI is InChI=1S/C23H26BrN2P/c1-19(2)25-17-18-27(22-9-5-3-6-10-22,23-11-7-4-8-12-23)26-21-15-13-20(24)14-16-21/h3-16,19,25H,17-18H2,1-2H3. The van der Waals surface area contributed by atoms with Gasteiger partial charge in [0.25, 0.3) is 0 Å². The molecule has 3 aromatic rings. The zero-order chi connectivity index (χ0) is 19.1. The minimum Gasteiger partial charge on any atom is -0.314 e. The average molecular weight is 441 g/mol. The molecule has 0 unspecified atom stereocenters. The van der Waals surface area contributed by atoms with Crippen LogP contribution >= 0.6 is 23.0 Å². The van der Waals surface area contributed by atoms with Gasteiger partial charge in [-0.15, -0.1) is 0 Å². The van der Waals surface area contributed by atoms with Crippen molar-refractivity contribution in [3.63, 3.8) is 0 Å². The second kappa shape index (κ2) is 9.50. The van der Waals surface area contributed by atoms with Crippen molar-refractivity contribution in [3.8, 4) is 0 Å². The predicted molar refractivity (Wildman–Crippen MR) is 123 cm³/mol. The van der Waals surface area contributed by atoms with Gasteiger partial charge in [-0.1, -0.05) is 90.4 Å². The summed E-state index contributed by atoms with van der Waals surface area (Å²) in [4.78, 5) is 0. The van der Waals surface area contributed by atoms with Gasteiger partial charge in [0, 0.05) is 30.3 Å². The summed E-state index contributed by atoms with van der Waals surface area (Å²) in [5, 5.41) is 6.24. The molecule has 0 aromatic heterocycles. The Morgan fingerprint density at radius 2 is 1.33 bits per heavy atom. The van der Waals surface area contributed by atoms with Crippen LogP contribution in [0.15, 0.2) is 94.1 Å². The van der Waals surface area contributed by atoms with Crippen LogP contribution in [0.2, 0.25) is 0 Å². The first-order valence-corrected chi connectivity index (χ1v) is 12.0. The van der Waals surface area contributed by atoms with Gasteiger partial charge in [0.1, 0.15) is 0 Å². The first-order chi connectivity index (χ1) is 13.1. The van der Waals surface area contributed by atoms with Gasteiger partial charge in [-0.3, -0.25) is 4.74 Å². The number of nitrogens with one attached hydrogen (secondary N) is 1. The van der Waals surface area contributed by atoms with Crippen molar-refractivity contribution < 1.29 is 0 Å². The fourth-order valence-electron chi connectivity index (χ4n) is 3.14. The monoisotopic (exact) mass is 440 g/mol. The van der Waals surface area contributed by atoms with E-state index in [9.17, 15) is 0 Å². The Morgan fingerprint density at radius 3 is 1.81 bits per heavy atom. The van der Waals surface area contributed by atoms with Gasteiger partial charge in [-0.25, -0.2) is 0 Å². The van der Waals surface area contributed by atoms with E-state index in [-0.39, 0.29) is 0 Å². The maximum absolute atomic E-state index is 5.42. The zero-order valence-electron chi connectivity index (χ0n) is 15.8. The van der Waals surface area contributed by atoms with Crippen LogP contribution in [0.1, 0.15) is 13.8 Å². The SMILES string of the molecule is CC(C)NCCP(=Nc1ccc(Br)cc1)(c1ccccc1)c1ccccc1. The lowest BCUT2D eigenvalue weighted by Gasteiger charge is -2.27. The molecule has 4 heteroatoms. The number of nitrogens with zero attached hydrogens (tertiary/aromatic N) is 1. The molecule has 0 atom stereocenters. The van der Waals surface area contributed by atoms with Gasteiger partial charge in [0.2, 0.25) is 0 Å². The van der Waals surface area contributed by atoms with Gasteiger partial charge in [0.15, 0.2) is 0 Å². The van der Waals surface area contributed by atoms with Crippen molar-refractivity contribution in [3.05, 3.63) is 89.4 Å². The molecular formula is C23H26BrN2P. The zero-order valence-corrected chi connectivity index (χ0v) is 18.3. The second-order valence-corrected chi connectivity index (χ2v) is 11.0. The number of rotatable bonds is 7. The summed E-state index contributed by atoms with van der Waals surface area (Å²) in [5.74, 6) is 0. The summed E-state index contributed by atoms with van der Waals surface area (Å²) in [6.07, 6.45) is 0.995. The van der Waals surface area contributed by atoms with Crippen LogP contribution in [0, 0.1) is 0 Å². The summed E-state index contributed by atoms with van der Waals surface area (Å²) in [7, 11) is -1.95. The highest BCUT2D eigenvalue weighted by Gasteiger charge is 2.24. The van der Waals surface area contributed by atoms with E-state index in [0.717, 1.165) is 22.9 Å². The molecule has 0 bridgehead atoms. The Morgan fingerprint density at radius 1 is 0.815 bits per heavy atom. The van der Waals surface area contributed by atoms with Crippen LogP contribution < -0.4 is 15.9 Å². The molecule has 0 saturated heterocycles. The number of hydrogen-bond donors (Lipinski definition) is 1. The van der Waals surface area contributed by atoms with Crippen LogP contribution in [-0.2, 0) is 0 Å². The molecule has 0 aliphatic rings. The molecule has 0 aliphatic heterocycles. The highest BCUT2D eigenvalue weighted by Crippen LogP contribution is 2.49. The summed E-state index contributed by atoms with van der Waals surface area (Å²) >= 11 is 3.53. The molecule has 0 fully saturated rings. The van der Waals surface area contributed by atoms with Crippen molar-refractivity contribution in [2.24, 2.45) is 4.74 Å². The molecule has 27 heavy (non-hydrogen) atoms. The minimum atomic E-state index is -1.95. The fraction of sp³-hybridized carbons (Fsp3) is 0.217. The highest BCUT2D eigenvalue weighted by atomic mass is 79.9. The third-order valence-corrected chi connectivity index (χ3v) is 8.74. The molecule has 1 N–H and O–H groups in total. The first-order valence-electron chi connectivity index (χ1n) is 9.32. The Kier molecular flexibility index (Phi) is 7.07. The van der Waals surface area contributed by atoms with E-state index in [4.69, 9.17) is 4.74 Å². The maximum atomic E-state index is 5.42. The fourth-order valence-corrected chi connectivity index (χ4v) is 6.86. The van der Waals surface area contributed by atoms with E-state index in [1.54, 1.807) is 0 Å². The quantitative estimate of drug-likeness (QED) is 0.452. The van der Waals surface area contributed by atoms with Crippen LogP contribution in [0.4, 0.5) is 5.69 Å². The van der Waals surface area contributed by atoms with Crippen molar-refractivity contribution in [1.29, 1.82) is 0 Å². The van der Waals surface area contributed by atoms with Gasteiger partial charge in [0.05, 0.1) is 5.69 Å². The van der Waals surface area contributed by atoms with Gasteiger partial charge < -0.3 is 5.32 Å². The molecule has 3 aromatic carbocycles. The van der Waals surface area contributed by atoms with Crippen LogP contribution in [0.5, 0.6) is 0 Å². The smallest absolute Gasteiger partial charge is 0.0622 e. The third-order valence-electron chi connectivity index (χ3n) is 4.47. The second-order valence-electron chi connectivity index (χ2n) is 6.85. The van der Waals surface area contributed by atoms with Crippen molar-refractivity contribution >= 4 is 39.3 Å². The first kappa shape index (κ1) is 20.1. The Bertz CT molecular complexity index is 847. The largest absolute Gasteiger partial charge is 0.314 e. The highest BCUT2D eigenvalue weighted by molar-refractivity contribution is 9.10. The lowest BCUT2D eigenvalue weighted by Crippen LogP contribution is -2.29. The normalized spacial score (nSPS) is 11.6. The third kappa shape index (κ3) is 5.19. The molecule has 0 heterocycles. The summed E-state index contributed by atoms with van der Waals surface area (Å²) in [6, 6.07) is 30.4. The summed E-state index contributed by atoms with van der Waals surface area (Å²) in [5.41, 5.74) is 1.03. The maximum Gasteiger partial charge on any atom is 0.0622 e. The van der Waals surface area contributed by atoms with E-state index in [0.29, 0.717) is 6.04 Å². The summed E-state index contributed by atoms with van der Waals surface area (Å²) < 4.78 is 6.49. The van der Waals surface area contributed by atoms with Crippen LogP contribution in [0.25, 0.3) is 0 Å². The van der Waals surface area contributed by atoms with E-state index < -0.39 is 7.05 Å². The molecule has 0 radical (unpaired) electrons. The van der Waals surface area contributed by atoms with Crippen LogP contribution in [-0.4, -0.2) is 18.7 Å². The molecule has 140 valence electrons. The lowest BCUT2D eigenvalue weighted by molar-refractivity contribution is 0.615. The Balaban J connectivity index is 2.19. The molecular weight excluding hydrogens is 415 g/mol. The summed E-state index contributed by atoms with van der Waals surface area (Å²) in [6.45, 7) is 5.32. The van der Waals surface area contributed by atoms with Gasteiger partial charge in [-0.2, -0.15) is 0 Å². The topological polar surface area (TPSA) is 24.4 Å². The molecule has 2 nitrogen and oxygen atoms in total. The molecule has 0 saturated carbocycles. The van der Waals surface area contributed by atoms with Crippen molar-refractivity contribution in [2.45, 2.75) is 19.9 Å². The van der Waals surface area contributed by atoms with Crippen molar-refractivity contribution in [1.82, 2.24) is 5.32 Å². The van der Waals surface area contributed by atoms with Gasteiger partial charge >= 0.3 is 0 Å². The number of halogens is 1.